The molecule has 2 fully saturated rings. The number of rotatable bonds is 5. The minimum atomic E-state index is -3.28. The van der Waals surface area contributed by atoms with E-state index < -0.39 is 9.84 Å². The van der Waals surface area contributed by atoms with Crippen molar-refractivity contribution in [3.05, 3.63) is 0 Å². The molecule has 1 aromatic rings. The molecule has 3 rings (SSSR count). The lowest BCUT2D eigenvalue weighted by Gasteiger charge is -2.22. The smallest absolute Gasteiger partial charge is 0.187 e. The van der Waals surface area contributed by atoms with Gasteiger partial charge in [0.05, 0.1) is 5.25 Å². The number of sulfone groups is 1. The molecule has 0 aliphatic heterocycles. The topological polar surface area (TPSA) is 85.1 Å². The molecule has 112 valence electrons. The third-order valence-electron chi connectivity index (χ3n) is 4.20. The molecule has 2 saturated carbocycles. The van der Waals surface area contributed by atoms with Crippen molar-refractivity contribution < 1.29 is 8.42 Å². The van der Waals surface area contributed by atoms with Crippen LogP contribution in [0.1, 0.15) is 44.9 Å². The van der Waals surface area contributed by atoms with Crippen molar-refractivity contribution in [3.63, 3.8) is 0 Å². The summed E-state index contributed by atoms with van der Waals surface area (Å²) in [6, 6.07) is 0. The molecule has 3 N–H and O–H groups in total. The largest absolute Gasteiger partial charge is 0.382 e. The summed E-state index contributed by atoms with van der Waals surface area (Å²) < 4.78 is 28.8. The van der Waals surface area contributed by atoms with E-state index in [0.29, 0.717) is 10.9 Å². The third-order valence-corrected chi connectivity index (χ3v) is 7.48. The summed E-state index contributed by atoms with van der Waals surface area (Å²) in [6.45, 7) is 0.828. The van der Waals surface area contributed by atoms with Crippen LogP contribution in [0.3, 0.4) is 0 Å². The van der Waals surface area contributed by atoms with Gasteiger partial charge < -0.3 is 11.1 Å². The molecule has 0 atom stereocenters. The lowest BCUT2D eigenvalue weighted by Crippen LogP contribution is -2.18. The molecule has 20 heavy (non-hydrogen) atoms. The van der Waals surface area contributed by atoms with Crippen LogP contribution in [0.5, 0.6) is 0 Å². The molecule has 1 aromatic heterocycles. The van der Waals surface area contributed by atoms with E-state index >= 15 is 0 Å². The zero-order valence-electron chi connectivity index (χ0n) is 11.5. The first kappa shape index (κ1) is 14.1. The van der Waals surface area contributed by atoms with Crippen LogP contribution in [0.4, 0.5) is 10.8 Å². The van der Waals surface area contributed by atoms with E-state index in [9.17, 15) is 8.42 Å². The molecule has 0 spiro atoms. The lowest BCUT2D eigenvalue weighted by molar-refractivity contribution is 0.373. The summed E-state index contributed by atoms with van der Waals surface area (Å²) in [5, 5.41) is 3.69. The maximum absolute atomic E-state index is 12.4. The predicted molar refractivity (Wildman–Crippen MR) is 81.8 cm³/mol. The molecule has 0 radical (unpaired) electrons. The predicted octanol–water partition coefficient (Wildman–Crippen LogP) is 2.65. The molecular weight excluding hydrogens is 294 g/mol. The molecule has 0 bridgehead atoms. The van der Waals surface area contributed by atoms with Gasteiger partial charge in [0.15, 0.2) is 15.7 Å². The van der Waals surface area contributed by atoms with Gasteiger partial charge >= 0.3 is 0 Å². The second-order valence-electron chi connectivity index (χ2n) is 5.86. The van der Waals surface area contributed by atoms with Gasteiger partial charge in [-0.05, 0) is 43.1 Å². The van der Waals surface area contributed by atoms with Crippen molar-refractivity contribution in [2.45, 2.75) is 55.1 Å². The quantitative estimate of drug-likeness (QED) is 0.872. The monoisotopic (exact) mass is 315 g/mol. The summed E-state index contributed by atoms with van der Waals surface area (Å²) in [7, 11) is -3.28. The Hall–Kier alpha value is -0.820. The summed E-state index contributed by atoms with van der Waals surface area (Å²) >= 11 is 1.17. The number of hydrogen-bond acceptors (Lipinski definition) is 6. The summed E-state index contributed by atoms with van der Waals surface area (Å²) in [6.07, 6.45) is 7.84. The SMILES string of the molecule is Nc1nsc(NCC2CCCCC2)c1S(=O)(=O)C1CC1. The molecular formula is C13H21N3O2S2. The van der Waals surface area contributed by atoms with Crippen molar-refractivity contribution >= 4 is 32.2 Å². The first-order valence-corrected chi connectivity index (χ1v) is 9.64. The van der Waals surface area contributed by atoms with Crippen LogP contribution in [0.25, 0.3) is 0 Å². The second kappa shape index (κ2) is 5.52. The summed E-state index contributed by atoms with van der Waals surface area (Å²) in [4.78, 5) is 0.251. The van der Waals surface area contributed by atoms with Crippen molar-refractivity contribution in [3.8, 4) is 0 Å². The van der Waals surface area contributed by atoms with E-state index in [0.717, 1.165) is 19.4 Å². The van der Waals surface area contributed by atoms with Gasteiger partial charge in [-0.3, -0.25) is 0 Å². The Morgan fingerprint density at radius 1 is 1.20 bits per heavy atom. The van der Waals surface area contributed by atoms with Crippen LogP contribution in [-0.4, -0.2) is 24.6 Å². The van der Waals surface area contributed by atoms with Gasteiger partial charge in [0.2, 0.25) is 0 Å². The highest BCUT2D eigenvalue weighted by Crippen LogP contribution is 2.41. The summed E-state index contributed by atoms with van der Waals surface area (Å²) in [5.74, 6) is 0.802. The maximum Gasteiger partial charge on any atom is 0.187 e. The van der Waals surface area contributed by atoms with Crippen molar-refractivity contribution in [2.24, 2.45) is 5.92 Å². The minimum absolute atomic E-state index is 0.160. The Morgan fingerprint density at radius 3 is 2.55 bits per heavy atom. The van der Waals surface area contributed by atoms with Gasteiger partial charge in [0.1, 0.15) is 9.90 Å². The Morgan fingerprint density at radius 2 is 1.90 bits per heavy atom. The fraction of sp³-hybridized carbons (Fsp3) is 0.769. The Balaban J connectivity index is 1.73. The highest BCUT2D eigenvalue weighted by Gasteiger charge is 2.40. The normalized spacial score (nSPS) is 21.0. The van der Waals surface area contributed by atoms with Crippen molar-refractivity contribution in [1.29, 1.82) is 0 Å². The van der Waals surface area contributed by atoms with Crippen molar-refractivity contribution in [1.82, 2.24) is 4.37 Å². The van der Waals surface area contributed by atoms with E-state index in [2.05, 4.69) is 9.69 Å². The number of nitrogens with one attached hydrogen (secondary N) is 1. The minimum Gasteiger partial charge on any atom is -0.382 e. The van der Waals surface area contributed by atoms with Gasteiger partial charge in [0, 0.05) is 6.54 Å². The number of nitrogens with zero attached hydrogens (tertiary/aromatic N) is 1. The van der Waals surface area contributed by atoms with Gasteiger partial charge in [-0.2, -0.15) is 4.37 Å². The molecule has 0 aromatic carbocycles. The van der Waals surface area contributed by atoms with Crippen molar-refractivity contribution in [2.75, 3.05) is 17.6 Å². The van der Waals surface area contributed by atoms with E-state index in [4.69, 9.17) is 5.73 Å². The van der Waals surface area contributed by atoms with Crippen LogP contribution in [-0.2, 0) is 9.84 Å². The first-order valence-electron chi connectivity index (χ1n) is 7.32. The number of nitrogens with two attached hydrogens (primary N) is 1. The molecule has 0 amide bonds. The highest BCUT2D eigenvalue weighted by atomic mass is 32.2. The second-order valence-corrected chi connectivity index (χ2v) is 8.79. The van der Waals surface area contributed by atoms with Gasteiger partial charge in [0.25, 0.3) is 0 Å². The Labute approximate surface area is 124 Å². The number of nitrogen functional groups attached to an aromatic ring is 1. The summed E-state index contributed by atoms with van der Waals surface area (Å²) in [5.41, 5.74) is 5.78. The molecule has 2 aliphatic rings. The fourth-order valence-electron chi connectivity index (χ4n) is 2.85. The van der Waals surface area contributed by atoms with Gasteiger partial charge in [-0.1, -0.05) is 19.3 Å². The van der Waals surface area contributed by atoms with E-state index in [1.807, 2.05) is 0 Å². The molecule has 2 aliphatic carbocycles. The van der Waals surface area contributed by atoms with Gasteiger partial charge in [-0.25, -0.2) is 8.42 Å². The van der Waals surface area contributed by atoms with E-state index in [1.54, 1.807) is 0 Å². The number of hydrogen-bond donors (Lipinski definition) is 2. The van der Waals surface area contributed by atoms with Gasteiger partial charge in [-0.15, -0.1) is 0 Å². The molecule has 0 unspecified atom stereocenters. The zero-order chi connectivity index (χ0) is 14.2. The Bertz CT molecular complexity index is 572. The zero-order valence-corrected chi connectivity index (χ0v) is 13.1. The lowest BCUT2D eigenvalue weighted by atomic mass is 9.89. The standard InChI is InChI=1S/C13H21N3O2S2/c14-12-11(20(17,18)10-6-7-10)13(19-16-12)15-8-9-4-2-1-3-5-9/h9-10,15H,1-8H2,(H2,14,16). The van der Waals surface area contributed by atoms with Crippen LogP contribution < -0.4 is 11.1 Å². The average molecular weight is 315 g/mol. The Kier molecular flexibility index (Phi) is 3.90. The fourth-order valence-corrected chi connectivity index (χ4v) is 5.75. The van der Waals surface area contributed by atoms with Crippen LogP contribution in [0.2, 0.25) is 0 Å². The number of anilines is 2. The van der Waals surface area contributed by atoms with Crippen LogP contribution >= 0.6 is 11.5 Å². The van der Waals surface area contributed by atoms with Crippen LogP contribution in [0, 0.1) is 5.92 Å². The molecule has 0 saturated heterocycles. The average Bonchev–Trinajstić information content (AvgIpc) is 3.22. The number of aromatic nitrogens is 1. The molecule has 1 heterocycles. The third kappa shape index (κ3) is 2.79. The maximum atomic E-state index is 12.4. The highest BCUT2D eigenvalue weighted by molar-refractivity contribution is 7.92. The van der Waals surface area contributed by atoms with E-state index in [-0.39, 0.29) is 16.0 Å². The first-order chi connectivity index (χ1) is 9.59. The molecule has 7 heteroatoms. The van der Waals surface area contributed by atoms with Crippen LogP contribution in [0.15, 0.2) is 4.90 Å². The van der Waals surface area contributed by atoms with E-state index in [1.165, 1.54) is 43.6 Å². The molecule has 5 nitrogen and oxygen atoms in total.